The van der Waals surface area contributed by atoms with Gasteiger partial charge in [0.05, 0.1) is 6.54 Å². The number of carbonyl (C=O) groups excluding carboxylic acids is 1. The summed E-state index contributed by atoms with van der Waals surface area (Å²) in [6, 6.07) is 11.0. The zero-order valence-corrected chi connectivity index (χ0v) is 17.4. The van der Waals surface area contributed by atoms with E-state index >= 15 is 0 Å². The van der Waals surface area contributed by atoms with Gasteiger partial charge in [0.1, 0.15) is 0 Å². The van der Waals surface area contributed by atoms with Gasteiger partial charge in [0, 0.05) is 37.3 Å². The predicted molar refractivity (Wildman–Crippen MR) is 113 cm³/mol. The van der Waals surface area contributed by atoms with Gasteiger partial charge in [-0.1, -0.05) is 42.1 Å². The summed E-state index contributed by atoms with van der Waals surface area (Å²) >= 11 is 1.87. The summed E-state index contributed by atoms with van der Waals surface area (Å²) < 4.78 is 2.08. The Morgan fingerprint density at radius 3 is 2.68 bits per heavy atom. The van der Waals surface area contributed by atoms with E-state index in [4.69, 9.17) is 0 Å². The minimum absolute atomic E-state index is 0.189. The van der Waals surface area contributed by atoms with E-state index in [0.717, 1.165) is 50.4 Å². The fraction of sp³-hybridized carbons (Fsp3) is 0.545. The van der Waals surface area contributed by atoms with Crippen molar-refractivity contribution in [2.75, 3.05) is 19.6 Å². The lowest BCUT2D eigenvalue weighted by Crippen LogP contribution is -2.43. The smallest absolute Gasteiger partial charge is 0.234 e. The summed E-state index contributed by atoms with van der Waals surface area (Å²) in [6.07, 6.45) is 9.42. The third-order valence-electron chi connectivity index (χ3n) is 6.00. The minimum atomic E-state index is 0.189. The van der Waals surface area contributed by atoms with Crippen LogP contribution < -0.4 is 5.32 Å². The van der Waals surface area contributed by atoms with Gasteiger partial charge in [-0.3, -0.25) is 9.69 Å². The van der Waals surface area contributed by atoms with Crippen molar-refractivity contribution >= 4 is 17.7 Å². The van der Waals surface area contributed by atoms with Crippen molar-refractivity contribution in [2.24, 2.45) is 7.05 Å². The zero-order chi connectivity index (χ0) is 19.3. The van der Waals surface area contributed by atoms with E-state index in [1.54, 1.807) is 0 Å². The molecule has 1 atom stereocenters. The molecule has 6 heteroatoms. The van der Waals surface area contributed by atoms with Gasteiger partial charge in [-0.25, -0.2) is 4.98 Å². The molecule has 150 valence electrons. The molecule has 4 rings (SSSR count). The monoisotopic (exact) mass is 398 g/mol. The highest BCUT2D eigenvalue weighted by molar-refractivity contribution is 7.99. The summed E-state index contributed by atoms with van der Waals surface area (Å²) in [7, 11) is 2.04. The first-order chi connectivity index (χ1) is 13.7. The number of nitrogens with zero attached hydrogens (tertiary/aromatic N) is 3. The summed E-state index contributed by atoms with van der Waals surface area (Å²) in [4.78, 5) is 19.2. The second-order valence-corrected chi connectivity index (χ2v) is 9.38. The van der Waals surface area contributed by atoms with Crippen LogP contribution in [-0.4, -0.2) is 51.3 Å². The molecule has 1 saturated heterocycles. The number of hydrogen-bond donors (Lipinski definition) is 1. The molecule has 1 aromatic carbocycles. The van der Waals surface area contributed by atoms with Crippen LogP contribution in [0.1, 0.15) is 43.6 Å². The van der Waals surface area contributed by atoms with Crippen LogP contribution >= 0.6 is 11.8 Å². The van der Waals surface area contributed by atoms with Crippen LogP contribution in [0.5, 0.6) is 0 Å². The largest absolute Gasteiger partial charge is 0.352 e. The average molecular weight is 399 g/mol. The Labute approximate surface area is 171 Å². The van der Waals surface area contributed by atoms with E-state index < -0.39 is 0 Å². The highest BCUT2D eigenvalue weighted by atomic mass is 32.2. The van der Waals surface area contributed by atoms with Crippen molar-refractivity contribution in [3.05, 3.63) is 48.3 Å². The van der Waals surface area contributed by atoms with E-state index in [9.17, 15) is 4.79 Å². The molecular formula is C22H30N4OS. The van der Waals surface area contributed by atoms with Crippen molar-refractivity contribution in [1.82, 2.24) is 19.8 Å². The highest BCUT2D eigenvalue weighted by Gasteiger charge is 2.27. The number of aryl methyl sites for hydroxylation is 1. The predicted octanol–water partition coefficient (Wildman–Crippen LogP) is 3.43. The molecule has 1 aromatic heterocycles. The SMILES string of the molecule is Cn1ccnc1SC1CCC(NC(=O)CN2CCC(c3ccccc3)C2)CC1. The van der Waals surface area contributed by atoms with E-state index in [1.807, 2.05) is 31.2 Å². The van der Waals surface area contributed by atoms with Crippen LogP contribution in [0.3, 0.4) is 0 Å². The molecule has 2 aliphatic rings. The van der Waals surface area contributed by atoms with Crippen LogP contribution in [0.2, 0.25) is 0 Å². The van der Waals surface area contributed by atoms with E-state index in [0.29, 0.717) is 23.8 Å². The second-order valence-electron chi connectivity index (χ2n) is 8.11. The first-order valence-corrected chi connectivity index (χ1v) is 11.3. The Morgan fingerprint density at radius 1 is 1.18 bits per heavy atom. The van der Waals surface area contributed by atoms with Crippen molar-refractivity contribution in [3.63, 3.8) is 0 Å². The molecule has 5 nitrogen and oxygen atoms in total. The summed E-state index contributed by atoms with van der Waals surface area (Å²) in [5.74, 6) is 0.751. The average Bonchev–Trinajstić information content (AvgIpc) is 3.33. The number of amides is 1. The number of nitrogens with one attached hydrogen (secondary N) is 1. The molecule has 2 fully saturated rings. The standard InChI is InChI=1S/C22H30N4OS/c1-25-14-12-23-22(25)28-20-9-7-19(8-10-20)24-21(27)16-26-13-11-18(15-26)17-5-3-2-4-6-17/h2-6,12,14,18-20H,7-11,13,15-16H2,1H3,(H,24,27). The minimum Gasteiger partial charge on any atom is -0.352 e. The van der Waals surface area contributed by atoms with Crippen molar-refractivity contribution < 1.29 is 4.79 Å². The van der Waals surface area contributed by atoms with Crippen LogP contribution in [-0.2, 0) is 11.8 Å². The molecule has 0 spiro atoms. The lowest BCUT2D eigenvalue weighted by atomic mass is 9.95. The maximum absolute atomic E-state index is 12.5. The highest BCUT2D eigenvalue weighted by Crippen LogP contribution is 2.32. The van der Waals surface area contributed by atoms with Gasteiger partial charge in [-0.05, 0) is 50.1 Å². The normalized spacial score (nSPS) is 25.7. The van der Waals surface area contributed by atoms with Gasteiger partial charge in [0.25, 0.3) is 0 Å². The molecular weight excluding hydrogens is 368 g/mol. The third-order valence-corrected chi connectivity index (χ3v) is 7.41. The molecule has 1 aliphatic heterocycles. The van der Waals surface area contributed by atoms with Crippen molar-refractivity contribution in [1.29, 1.82) is 0 Å². The van der Waals surface area contributed by atoms with Crippen LogP contribution in [0, 0.1) is 0 Å². The van der Waals surface area contributed by atoms with Gasteiger partial charge in [-0.15, -0.1) is 0 Å². The van der Waals surface area contributed by atoms with Crippen molar-refractivity contribution in [2.45, 2.75) is 54.5 Å². The van der Waals surface area contributed by atoms with Crippen LogP contribution in [0.15, 0.2) is 47.9 Å². The summed E-state index contributed by atoms with van der Waals surface area (Å²) in [5.41, 5.74) is 1.40. The number of thioether (sulfide) groups is 1. The first kappa shape index (κ1) is 19.5. The molecule has 1 unspecified atom stereocenters. The quantitative estimate of drug-likeness (QED) is 0.810. The maximum atomic E-state index is 12.5. The number of likely N-dealkylation sites (tertiary alicyclic amines) is 1. The van der Waals surface area contributed by atoms with Gasteiger partial charge >= 0.3 is 0 Å². The van der Waals surface area contributed by atoms with Gasteiger partial charge in [0.2, 0.25) is 5.91 Å². The lowest BCUT2D eigenvalue weighted by Gasteiger charge is -2.29. The van der Waals surface area contributed by atoms with Gasteiger partial charge in [0.15, 0.2) is 5.16 Å². The molecule has 0 radical (unpaired) electrons. The second kappa shape index (κ2) is 9.14. The van der Waals surface area contributed by atoms with Gasteiger partial charge in [-0.2, -0.15) is 0 Å². The topological polar surface area (TPSA) is 50.2 Å². The number of imidazole rings is 1. The molecule has 2 heterocycles. The Kier molecular flexibility index (Phi) is 6.37. The molecule has 1 amide bonds. The molecule has 1 N–H and O–H groups in total. The Hall–Kier alpha value is -1.79. The fourth-order valence-electron chi connectivity index (χ4n) is 4.39. The number of aromatic nitrogens is 2. The molecule has 1 saturated carbocycles. The molecule has 28 heavy (non-hydrogen) atoms. The Balaban J connectivity index is 1.18. The zero-order valence-electron chi connectivity index (χ0n) is 16.6. The summed E-state index contributed by atoms with van der Waals surface area (Å²) in [6.45, 7) is 2.54. The van der Waals surface area contributed by atoms with Crippen molar-refractivity contribution in [3.8, 4) is 0 Å². The van der Waals surface area contributed by atoms with Crippen LogP contribution in [0.4, 0.5) is 0 Å². The molecule has 0 bridgehead atoms. The first-order valence-electron chi connectivity index (χ1n) is 10.4. The Bertz CT molecular complexity index is 770. The van der Waals surface area contributed by atoms with Crippen LogP contribution in [0.25, 0.3) is 0 Å². The lowest BCUT2D eigenvalue weighted by molar-refractivity contribution is -0.122. The number of hydrogen-bond acceptors (Lipinski definition) is 4. The van der Waals surface area contributed by atoms with Gasteiger partial charge < -0.3 is 9.88 Å². The number of rotatable bonds is 6. The third kappa shape index (κ3) is 4.97. The summed E-state index contributed by atoms with van der Waals surface area (Å²) in [5, 5.41) is 4.98. The molecule has 1 aliphatic carbocycles. The fourth-order valence-corrected chi connectivity index (χ4v) is 5.54. The Morgan fingerprint density at radius 2 is 1.96 bits per heavy atom. The number of benzene rings is 1. The number of carbonyl (C=O) groups is 1. The van der Waals surface area contributed by atoms with E-state index in [-0.39, 0.29) is 5.91 Å². The van der Waals surface area contributed by atoms with E-state index in [2.05, 4.69) is 50.1 Å². The van der Waals surface area contributed by atoms with E-state index in [1.165, 1.54) is 5.56 Å². The molecule has 2 aromatic rings. The maximum Gasteiger partial charge on any atom is 0.234 e.